The maximum Gasteiger partial charge on any atom is 0.328 e. The molecule has 0 aliphatic carbocycles. The summed E-state index contributed by atoms with van der Waals surface area (Å²) in [5.74, 6) is -0.695. The van der Waals surface area contributed by atoms with Crippen LogP contribution in [-0.2, 0) is 14.3 Å². The molecule has 19 heavy (non-hydrogen) atoms. The average molecular weight is 269 g/mol. The van der Waals surface area contributed by atoms with E-state index in [2.05, 4.69) is 18.3 Å². The van der Waals surface area contributed by atoms with Crippen molar-refractivity contribution < 1.29 is 14.3 Å². The zero-order valence-corrected chi connectivity index (χ0v) is 12.6. The van der Waals surface area contributed by atoms with Crippen LogP contribution in [0.4, 0.5) is 0 Å². The molecule has 4 heteroatoms. The molecule has 4 nitrogen and oxygen atoms in total. The van der Waals surface area contributed by atoms with Crippen molar-refractivity contribution in [2.75, 3.05) is 7.11 Å². The van der Waals surface area contributed by atoms with Gasteiger partial charge in [-0.2, -0.15) is 0 Å². The first-order valence-electron chi connectivity index (χ1n) is 7.04. The Kier molecular flexibility index (Phi) is 9.85. The summed E-state index contributed by atoms with van der Waals surface area (Å²) >= 11 is 0. The third-order valence-electron chi connectivity index (χ3n) is 3.00. The highest BCUT2D eigenvalue weighted by Gasteiger charge is 2.24. The molecule has 0 aromatic heterocycles. The van der Waals surface area contributed by atoms with Gasteiger partial charge in [-0.25, -0.2) is 4.79 Å². The normalized spacial score (nSPS) is 14.1. The van der Waals surface area contributed by atoms with E-state index in [1.165, 1.54) is 39.7 Å². The number of amides is 1. The van der Waals surface area contributed by atoms with Gasteiger partial charge in [-0.3, -0.25) is 4.79 Å². The summed E-state index contributed by atoms with van der Waals surface area (Å²) in [6.07, 6.45) is 9.97. The summed E-state index contributed by atoms with van der Waals surface area (Å²) in [7, 11) is 1.33. The molecule has 0 radical (unpaired) electrons. The van der Waals surface area contributed by atoms with Crippen LogP contribution >= 0.6 is 0 Å². The fourth-order valence-electron chi connectivity index (χ4n) is 1.86. The second-order valence-corrected chi connectivity index (χ2v) is 4.84. The molecule has 0 aliphatic rings. The van der Waals surface area contributed by atoms with Crippen LogP contribution in [-0.4, -0.2) is 25.0 Å². The molecule has 1 amide bonds. The van der Waals surface area contributed by atoms with E-state index in [9.17, 15) is 9.59 Å². The van der Waals surface area contributed by atoms with Crippen LogP contribution in [0.25, 0.3) is 0 Å². The quantitative estimate of drug-likeness (QED) is 0.398. The van der Waals surface area contributed by atoms with Gasteiger partial charge < -0.3 is 10.1 Å². The van der Waals surface area contributed by atoms with Gasteiger partial charge in [0.05, 0.1) is 7.11 Å². The SMILES string of the molecule is CCCCCC/C=C/[C@@H](C)[C@H](NC(C)=O)C(=O)OC. The van der Waals surface area contributed by atoms with Gasteiger partial charge in [0.2, 0.25) is 5.91 Å². The molecule has 0 heterocycles. The van der Waals surface area contributed by atoms with E-state index in [0.29, 0.717) is 0 Å². The summed E-state index contributed by atoms with van der Waals surface area (Å²) in [4.78, 5) is 22.7. The topological polar surface area (TPSA) is 55.4 Å². The molecule has 0 unspecified atom stereocenters. The highest BCUT2D eigenvalue weighted by molar-refractivity contribution is 5.83. The predicted octanol–water partition coefficient (Wildman–Crippen LogP) is 2.83. The number of methoxy groups -OCH3 is 1. The zero-order valence-electron chi connectivity index (χ0n) is 12.6. The second-order valence-electron chi connectivity index (χ2n) is 4.84. The van der Waals surface area contributed by atoms with Crippen molar-refractivity contribution in [3.8, 4) is 0 Å². The minimum atomic E-state index is -0.602. The first-order chi connectivity index (χ1) is 9.02. The van der Waals surface area contributed by atoms with Gasteiger partial charge in [0.25, 0.3) is 0 Å². The molecule has 110 valence electrons. The Balaban J connectivity index is 4.23. The van der Waals surface area contributed by atoms with Crippen molar-refractivity contribution >= 4 is 11.9 Å². The molecule has 0 saturated heterocycles. The van der Waals surface area contributed by atoms with E-state index < -0.39 is 12.0 Å². The number of hydrogen-bond acceptors (Lipinski definition) is 3. The molecule has 1 N–H and O–H groups in total. The number of nitrogens with one attached hydrogen (secondary N) is 1. The number of ether oxygens (including phenoxy) is 1. The van der Waals surface area contributed by atoms with Gasteiger partial charge in [0.15, 0.2) is 0 Å². The first kappa shape index (κ1) is 17.7. The van der Waals surface area contributed by atoms with Crippen molar-refractivity contribution in [2.24, 2.45) is 5.92 Å². The number of carbonyl (C=O) groups excluding carboxylic acids is 2. The van der Waals surface area contributed by atoms with E-state index in [4.69, 9.17) is 4.74 Å². The van der Waals surface area contributed by atoms with E-state index in [-0.39, 0.29) is 11.8 Å². The van der Waals surface area contributed by atoms with Crippen molar-refractivity contribution in [3.63, 3.8) is 0 Å². The summed E-state index contributed by atoms with van der Waals surface area (Å²) < 4.78 is 4.71. The van der Waals surface area contributed by atoms with Gasteiger partial charge in [-0.05, 0) is 12.8 Å². The molecule has 0 rings (SSSR count). The lowest BCUT2D eigenvalue weighted by atomic mass is 10.0. The lowest BCUT2D eigenvalue weighted by molar-refractivity contribution is -0.145. The van der Waals surface area contributed by atoms with Gasteiger partial charge in [-0.15, -0.1) is 0 Å². The smallest absolute Gasteiger partial charge is 0.328 e. The van der Waals surface area contributed by atoms with Gasteiger partial charge in [0, 0.05) is 12.8 Å². The van der Waals surface area contributed by atoms with Crippen LogP contribution in [0.15, 0.2) is 12.2 Å². The number of hydrogen-bond donors (Lipinski definition) is 1. The van der Waals surface area contributed by atoms with E-state index in [1.54, 1.807) is 0 Å². The number of rotatable bonds is 9. The Labute approximate surface area is 116 Å². The molecular weight excluding hydrogens is 242 g/mol. The predicted molar refractivity (Wildman–Crippen MR) is 76.7 cm³/mol. The second kappa shape index (κ2) is 10.6. The molecule has 0 aliphatic heterocycles. The summed E-state index contributed by atoms with van der Waals surface area (Å²) in [6, 6.07) is -0.602. The summed E-state index contributed by atoms with van der Waals surface area (Å²) in [5.41, 5.74) is 0. The van der Waals surface area contributed by atoms with Crippen LogP contribution < -0.4 is 5.32 Å². The number of esters is 1. The highest BCUT2D eigenvalue weighted by atomic mass is 16.5. The Hall–Kier alpha value is -1.32. The minimum absolute atomic E-state index is 0.0671. The van der Waals surface area contributed by atoms with Crippen molar-refractivity contribution in [3.05, 3.63) is 12.2 Å². The Morgan fingerprint density at radius 1 is 1.26 bits per heavy atom. The molecule has 0 aromatic carbocycles. The molecule has 0 saturated carbocycles. The Morgan fingerprint density at radius 3 is 2.47 bits per heavy atom. The van der Waals surface area contributed by atoms with Crippen molar-refractivity contribution in [1.82, 2.24) is 5.32 Å². The summed E-state index contributed by atoms with van der Waals surface area (Å²) in [5, 5.41) is 2.63. The van der Waals surface area contributed by atoms with Crippen LogP contribution in [0.1, 0.15) is 52.9 Å². The first-order valence-corrected chi connectivity index (χ1v) is 7.04. The molecule has 0 fully saturated rings. The third-order valence-corrected chi connectivity index (χ3v) is 3.00. The Bertz CT molecular complexity index is 300. The van der Waals surface area contributed by atoms with Gasteiger partial charge in [-0.1, -0.05) is 45.3 Å². The fourth-order valence-corrected chi connectivity index (χ4v) is 1.86. The molecular formula is C15H27NO3. The Morgan fingerprint density at radius 2 is 1.95 bits per heavy atom. The minimum Gasteiger partial charge on any atom is -0.467 e. The van der Waals surface area contributed by atoms with Crippen molar-refractivity contribution in [2.45, 2.75) is 58.9 Å². The van der Waals surface area contributed by atoms with E-state index >= 15 is 0 Å². The number of allylic oxidation sites excluding steroid dienone is 1. The number of carbonyl (C=O) groups is 2. The largest absolute Gasteiger partial charge is 0.467 e. The maximum atomic E-state index is 11.6. The monoisotopic (exact) mass is 269 g/mol. The highest BCUT2D eigenvalue weighted by Crippen LogP contribution is 2.09. The molecule has 2 atom stereocenters. The number of unbranched alkanes of at least 4 members (excludes halogenated alkanes) is 4. The van der Waals surface area contributed by atoms with Crippen LogP contribution in [0.5, 0.6) is 0 Å². The standard InChI is InChI=1S/C15H27NO3/c1-5-6-7-8-9-10-11-12(2)14(15(18)19-4)16-13(3)17/h10-12,14H,5-9H2,1-4H3,(H,16,17)/b11-10+/t12-,14+/m1/s1. The van der Waals surface area contributed by atoms with E-state index in [0.717, 1.165) is 6.42 Å². The summed E-state index contributed by atoms with van der Waals surface area (Å²) in [6.45, 7) is 5.49. The van der Waals surface area contributed by atoms with Crippen molar-refractivity contribution in [1.29, 1.82) is 0 Å². The molecule has 0 aromatic rings. The zero-order chi connectivity index (χ0) is 14.7. The maximum absolute atomic E-state index is 11.6. The molecule has 0 bridgehead atoms. The lowest BCUT2D eigenvalue weighted by Crippen LogP contribution is -2.44. The average Bonchev–Trinajstić information content (AvgIpc) is 2.38. The van der Waals surface area contributed by atoms with E-state index in [1.807, 2.05) is 13.0 Å². The third kappa shape index (κ3) is 8.41. The van der Waals surface area contributed by atoms with Gasteiger partial charge >= 0.3 is 5.97 Å². The van der Waals surface area contributed by atoms with Crippen LogP contribution in [0.2, 0.25) is 0 Å². The molecule has 0 spiro atoms. The van der Waals surface area contributed by atoms with Gasteiger partial charge in [0.1, 0.15) is 6.04 Å². The van der Waals surface area contributed by atoms with Crippen LogP contribution in [0.3, 0.4) is 0 Å². The lowest BCUT2D eigenvalue weighted by Gasteiger charge is -2.19. The van der Waals surface area contributed by atoms with Crippen LogP contribution in [0, 0.1) is 5.92 Å². The fraction of sp³-hybridized carbons (Fsp3) is 0.733.